The molecule has 3 aromatic carbocycles. The van der Waals surface area contributed by atoms with Crippen molar-refractivity contribution in [3.63, 3.8) is 0 Å². The van der Waals surface area contributed by atoms with Gasteiger partial charge in [0.05, 0.1) is 11.6 Å². The fourth-order valence-corrected chi connectivity index (χ4v) is 3.80. The molecule has 1 atom stereocenters. The van der Waals surface area contributed by atoms with Crippen LogP contribution >= 0.6 is 11.6 Å². The van der Waals surface area contributed by atoms with Crippen molar-refractivity contribution in [2.45, 2.75) is 18.8 Å². The minimum atomic E-state index is -1.17. The van der Waals surface area contributed by atoms with Gasteiger partial charge in [-0.1, -0.05) is 23.7 Å². The molecule has 1 heterocycles. The van der Waals surface area contributed by atoms with E-state index >= 15 is 0 Å². The summed E-state index contributed by atoms with van der Waals surface area (Å²) in [5, 5.41) is 14.4. The Balaban J connectivity index is 0.00000324. The van der Waals surface area contributed by atoms with E-state index in [9.17, 15) is 19.1 Å². The molecule has 0 saturated carbocycles. The molecule has 1 amide bonds. The molecule has 0 spiro atoms. The van der Waals surface area contributed by atoms with Crippen LogP contribution in [0.5, 0.6) is 17.2 Å². The number of aliphatic carboxylic acids is 1. The number of carbonyl (C=O) groups is 2. The maximum Gasteiger partial charge on any atom is 1.00 e. The maximum atomic E-state index is 13.0. The van der Waals surface area contributed by atoms with Crippen LogP contribution in [0.1, 0.15) is 33.8 Å². The van der Waals surface area contributed by atoms with Gasteiger partial charge in [-0.25, -0.2) is 4.39 Å². The Morgan fingerprint density at radius 3 is 2.50 bits per heavy atom. The average Bonchev–Trinajstić information content (AvgIpc) is 2.81. The van der Waals surface area contributed by atoms with Gasteiger partial charge in [-0.2, -0.15) is 0 Å². The predicted molar refractivity (Wildman–Crippen MR) is 118 cm³/mol. The molecule has 170 valence electrons. The van der Waals surface area contributed by atoms with E-state index in [0.717, 1.165) is 5.56 Å². The van der Waals surface area contributed by atoms with Crippen molar-refractivity contribution in [3.8, 4) is 17.2 Å². The summed E-state index contributed by atoms with van der Waals surface area (Å²) in [6, 6.07) is 15.7. The van der Waals surface area contributed by atoms with Gasteiger partial charge >= 0.3 is 29.6 Å². The van der Waals surface area contributed by atoms with Crippen molar-refractivity contribution in [1.82, 2.24) is 5.32 Å². The molecule has 1 aliphatic heterocycles. The van der Waals surface area contributed by atoms with E-state index in [1.165, 1.54) is 18.2 Å². The Hall–Kier alpha value is -2.58. The fraction of sp³-hybridized carbons (Fsp3) is 0.200. The first-order chi connectivity index (χ1) is 15.9. The molecule has 1 N–H and O–H groups in total. The van der Waals surface area contributed by atoms with Gasteiger partial charge in [-0.05, 0) is 60.9 Å². The van der Waals surface area contributed by atoms with Crippen LogP contribution in [-0.4, -0.2) is 25.0 Å². The van der Waals surface area contributed by atoms with Crippen LogP contribution in [0.25, 0.3) is 0 Å². The van der Waals surface area contributed by atoms with Crippen molar-refractivity contribution in [2.24, 2.45) is 0 Å². The Morgan fingerprint density at radius 2 is 1.82 bits per heavy atom. The summed E-state index contributed by atoms with van der Waals surface area (Å²) >= 11 is 6.30. The van der Waals surface area contributed by atoms with E-state index in [-0.39, 0.29) is 52.9 Å². The molecule has 1 unspecified atom stereocenters. The van der Waals surface area contributed by atoms with E-state index < -0.39 is 11.9 Å². The molecule has 0 aliphatic carbocycles. The third kappa shape index (κ3) is 6.30. The van der Waals surface area contributed by atoms with Gasteiger partial charge in [0.25, 0.3) is 5.91 Å². The molecule has 0 aromatic heterocycles. The van der Waals surface area contributed by atoms with Gasteiger partial charge in [0.15, 0.2) is 0 Å². The molecule has 1 aliphatic rings. The number of halogens is 2. The van der Waals surface area contributed by atoms with Gasteiger partial charge < -0.3 is 24.7 Å². The van der Waals surface area contributed by atoms with Crippen LogP contribution < -0.4 is 49.5 Å². The number of amides is 1. The number of hydrogen-bond acceptors (Lipinski definition) is 5. The van der Waals surface area contributed by atoms with Crippen molar-refractivity contribution >= 4 is 23.5 Å². The standard InChI is InChI=1S/C25H21ClFNO5.Na/c26-21-13-20-19(25(30)31)10-12-32-22(20)14-23(21)33-18-7-3-16(4-8-18)24(29)28-11-9-15-1-5-17(27)6-2-15;/h1-8,13-14,19H,9-12H2,(H,28,29)(H,30,31);/q;+1/p-1. The fourth-order valence-electron chi connectivity index (χ4n) is 3.59. The number of nitrogens with one attached hydrogen (secondary N) is 1. The van der Waals surface area contributed by atoms with Gasteiger partial charge in [0, 0.05) is 35.6 Å². The molecule has 6 nitrogen and oxygen atoms in total. The number of hydrogen-bond donors (Lipinski definition) is 1. The topological polar surface area (TPSA) is 87.7 Å². The first kappa shape index (κ1) is 26.0. The zero-order chi connectivity index (χ0) is 23.4. The molecular formula is C25H20ClFNNaO5. The van der Waals surface area contributed by atoms with Gasteiger partial charge in [0.1, 0.15) is 23.1 Å². The average molecular weight is 492 g/mol. The molecule has 0 bridgehead atoms. The number of ether oxygens (including phenoxy) is 2. The minimum Gasteiger partial charge on any atom is -0.549 e. The van der Waals surface area contributed by atoms with Crippen molar-refractivity contribution in [3.05, 3.63) is 88.2 Å². The molecule has 0 radical (unpaired) electrons. The molecule has 3 aromatic rings. The summed E-state index contributed by atoms with van der Waals surface area (Å²) < 4.78 is 24.3. The molecular weight excluding hydrogens is 472 g/mol. The smallest absolute Gasteiger partial charge is 0.549 e. The monoisotopic (exact) mass is 491 g/mol. The Bertz CT molecular complexity index is 1170. The summed E-state index contributed by atoms with van der Waals surface area (Å²) in [6.45, 7) is 0.679. The molecule has 9 heteroatoms. The van der Waals surface area contributed by atoms with Crippen molar-refractivity contribution < 1.29 is 58.1 Å². The third-order valence-corrected chi connectivity index (χ3v) is 5.64. The summed E-state index contributed by atoms with van der Waals surface area (Å²) in [4.78, 5) is 23.7. The van der Waals surface area contributed by atoms with E-state index in [4.69, 9.17) is 21.1 Å². The summed E-state index contributed by atoms with van der Waals surface area (Å²) in [5.41, 5.74) is 1.85. The second kappa shape index (κ2) is 11.7. The summed E-state index contributed by atoms with van der Waals surface area (Å²) in [5.74, 6) is -1.32. The number of carbonyl (C=O) groups excluding carboxylic acids is 2. The third-order valence-electron chi connectivity index (χ3n) is 5.35. The van der Waals surface area contributed by atoms with Crippen LogP contribution in [0.15, 0.2) is 60.7 Å². The quantitative estimate of drug-likeness (QED) is 0.495. The molecule has 34 heavy (non-hydrogen) atoms. The zero-order valence-electron chi connectivity index (χ0n) is 18.5. The first-order valence-corrected chi connectivity index (χ1v) is 10.8. The molecule has 0 fully saturated rings. The largest absolute Gasteiger partial charge is 1.00 e. The van der Waals surface area contributed by atoms with Gasteiger partial charge in [0.2, 0.25) is 0 Å². The zero-order valence-corrected chi connectivity index (χ0v) is 21.2. The Kier molecular flexibility index (Phi) is 8.97. The second-order valence-corrected chi connectivity index (χ2v) is 8.00. The van der Waals surface area contributed by atoms with Crippen molar-refractivity contribution in [1.29, 1.82) is 0 Å². The number of carboxylic acids is 1. The number of rotatable bonds is 7. The molecule has 4 rings (SSSR count). The SMILES string of the molecule is O=C(NCCc1ccc(F)cc1)c1ccc(Oc2cc3c(cc2Cl)C(C(=O)[O-])CCO3)cc1.[Na+]. The minimum absolute atomic E-state index is 0. The first-order valence-electron chi connectivity index (χ1n) is 10.4. The second-order valence-electron chi connectivity index (χ2n) is 7.59. The predicted octanol–water partition coefficient (Wildman–Crippen LogP) is 0.864. The number of benzene rings is 3. The van der Waals surface area contributed by atoms with Crippen LogP contribution in [0, 0.1) is 5.82 Å². The number of fused-ring (bicyclic) bond motifs is 1. The summed E-state index contributed by atoms with van der Waals surface area (Å²) in [7, 11) is 0. The van der Waals surface area contributed by atoms with E-state index in [1.807, 2.05) is 0 Å². The van der Waals surface area contributed by atoms with Crippen molar-refractivity contribution in [2.75, 3.05) is 13.2 Å². The van der Waals surface area contributed by atoms with E-state index in [2.05, 4.69) is 5.32 Å². The van der Waals surface area contributed by atoms with E-state index in [1.54, 1.807) is 42.5 Å². The van der Waals surface area contributed by atoms with Gasteiger partial charge in [-0.3, -0.25) is 4.79 Å². The summed E-state index contributed by atoms with van der Waals surface area (Å²) in [6.07, 6.45) is 0.907. The molecule has 0 saturated heterocycles. The van der Waals surface area contributed by atoms with Crippen LogP contribution in [-0.2, 0) is 11.2 Å². The Morgan fingerprint density at radius 1 is 1.12 bits per heavy atom. The van der Waals surface area contributed by atoms with Crippen LogP contribution in [0.2, 0.25) is 5.02 Å². The normalized spacial score (nSPS) is 14.2. The Labute approximate surface area is 223 Å². The van der Waals surface area contributed by atoms with Crippen LogP contribution in [0.4, 0.5) is 4.39 Å². The van der Waals surface area contributed by atoms with E-state index in [0.29, 0.717) is 47.8 Å². The maximum absolute atomic E-state index is 13.0. The van der Waals surface area contributed by atoms with Crippen LogP contribution in [0.3, 0.4) is 0 Å². The number of carboxylic acid groups (broad SMARTS) is 1. The van der Waals surface area contributed by atoms with Gasteiger partial charge in [-0.15, -0.1) is 0 Å².